The number of benzene rings is 1. The van der Waals surface area contributed by atoms with Crippen LogP contribution in [0.3, 0.4) is 0 Å². The van der Waals surface area contributed by atoms with E-state index >= 15 is 0 Å². The Morgan fingerprint density at radius 2 is 1.97 bits per heavy atom. The highest BCUT2D eigenvalue weighted by Gasteiger charge is 2.31. The monoisotopic (exact) mass is 525 g/mol. The highest BCUT2D eigenvalue weighted by Crippen LogP contribution is 2.36. The van der Waals surface area contributed by atoms with Crippen LogP contribution in [0.5, 0.6) is 0 Å². The largest absolute Gasteiger partial charge is 0.382 e. The van der Waals surface area contributed by atoms with Gasteiger partial charge in [0.15, 0.2) is 5.82 Å². The minimum absolute atomic E-state index is 0.0275. The van der Waals surface area contributed by atoms with E-state index in [0.29, 0.717) is 41.5 Å². The van der Waals surface area contributed by atoms with Gasteiger partial charge in [-0.05, 0) is 57.6 Å². The molecule has 1 atom stereocenters. The van der Waals surface area contributed by atoms with Gasteiger partial charge in [0.2, 0.25) is 5.91 Å². The van der Waals surface area contributed by atoms with Gasteiger partial charge in [0, 0.05) is 48.9 Å². The van der Waals surface area contributed by atoms with E-state index in [-0.39, 0.29) is 17.9 Å². The predicted octanol–water partition coefficient (Wildman–Crippen LogP) is 3.19. The molecule has 11 nitrogen and oxygen atoms in total. The van der Waals surface area contributed by atoms with E-state index in [4.69, 9.17) is 10.7 Å². The lowest BCUT2D eigenvalue weighted by atomic mass is 10.0. The highest BCUT2D eigenvalue weighted by atomic mass is 16.2. The second-order valence-electron chi connectivity index (χ2n) is 9.70. The topological polar surface area (TPSA) is 135 Å². The number of likely N-dealkylation sites (N-methyl/N-ethyl adjacent to an activating group) is 1. The second-order valence-corrected chi connectivity index (χ2v) is 9.70. The first-order chi connectivity index (χ1) is 18.9. The molecule has 3 aromatic heterocycles. The third-order valence-corrected chi connectivity index (χ3v) is 6.66. The summed E-state index contributed by atoms with van der Waals surface area (Å²) >= 11 is 0. The zero-order valence-electron chi connectivity index (χ0n) is 22.0. The summed E-state index contributed by atoms with van der Waals surface area (Å²) in [7, 11) is 3.93. The van der Waals surface area contributed by atoms with Crippen LogP contribution in [0.2, 0.25) is 0 Å². The fraction of sp³-hybridized carbons (Fsp3) is 0.286. The molecule has 0 aliphatic carbocycles. The maximum Gasteiger partial charge on any atom is 0.256 e. The van der Waals surface area contributed by atoms with Gasteiger partial charge in [-0.25, -0.2) is 9.97 Å². The summed E-state index contributed by atoms with van der Waals surface area (Å²) in [5.41, 5.74) is 8.92. The molecule has 200 valence electrons. The van der Waals surface area contributed by atoms with Crippen molar-refractivity contribution in [2.45, 2.75) is 25.3 Å². The Bertz CT molecular complexity index is 1500. The molecule has 4 aromatic rings. The molecule has 1 saturated heterocycles. The molecular formula is C28H31N9O2. The van der Waals surface area contributed by atoms with Crippen LogP contribution in [0, 0.1) is 0 Å². The van der Waals surface area contributed by atoms with Gasteiger partial charge in [-0.2, -0.15) is 5.10 Å². The van der Waals surface area contributed by atoms with Gasteiger partial charge >= 0.3 is 0 Å². The molecular weight excluding hydrogens is 494 g/mol. The standard InChI is InChI=1S/C28H31N9O2/c1-35(2)16-6-9-23(38)36-17-4-3-7-21(36)27-33-24(25-26(29)30-15-18-37(25)27)19-10-12-20(13-11-19)28(39)32-22-8-5-14-31-34-22/h5-6,8-15,18,21H,3-4,7,16-17H2,1-2H3,(H2,29,30)(H,32,34,39)/b9-6+/t21-/m0/s1. The van der Waals surface area contributed by atoms with Crippen molar-refractivity contribution in [3.63, 3.8) is 0 Å². The van der Waals surface area contributed by atoms with Crippen molar-refractivity contribution < 1.29 is 9.59 Å². The number of piperidine rings is 1. The third kappa shape index (κ3) is 5.63. The number of nitrogens with two attached hydrogens (primary N) is 1. The Balaban J connectivity index is 1.47. The highest BCUT2D eigenvalue weighted by molar-refractivity contribution is 6.04. The van der Waals surface area contributed by atoms with Crippen LogP contribution in [-0.4, -0.2) is 73.4 Å². The number of imidazole rings is 1. The molecule has 1 aromatic carbocycles. The van der Waals surface area contributed by atoms with Crippen LogP contribution in [0.15, 0.2) is 67.1 Å². The van der Waals surface area contributed by atoms with Gasteiger partial charge in [-0.1, -0.05) is 18.2 Å². The molecule has 1 aliphatic heterocycles. The zero-order chi connectivity index (χ0) is 27.4. The molecule has 0 bridgehead atoms. The number of rotatable bonds is 7. The molecule has 0 saturated carbocycles. The number of carbonyl (C=O) groups excluding carboxylic acids is 2. The van der Waals surface area contributed by atoms with E-state index in [2.05, 4.69) is 20.5 Å². The number of nitrogen functional groups attached to an aromatic ring is 1. The number of carbonyl (C=O) groups is 2. The molecule has 0 radical (unpaired) electrons. The molecule has 1 aliphatic rings. The number of fused-ring (bicyclic) bond motifs is 1. The van der Waals surface area contributed by atoms with E-state index < -0.39 is 0 Å². The molecule has 5 rings (SSSR count). The smallest absolute Gasteiger partial charge is 0.256 e. The summed E-state index contributed by atoms with van der Waals surface area (Å²) in [6, 6.07) is 10.3. The fourth-order valence-electron chi connectivity index (χ4n) is 4.78. The van der Waals surface area contributed by atoms with Crippen LogP contribution >= 0.6 is 0 Å². The summed E-state index contributed by atoms with van der Waals surface area (Å²) in [5.74, 6) is 1.14. The number of nitrogens with one attached hydrogen (secondary N) is 1. The van der Waals surface area contributed by atoms with Gasteiger partial charge < -0.3 is 20.9 Å². The Kier molecular flexibility index (Phi) is 7.60. The molecule has 4 heterocycles. The Hall–Kier alpha value is -4.64. The third-order valence-electron chi connectivity index (χ3n) is 6.66. The number of likely N-dealkylation sites (tertiary alicyclic amines) is 1. The zero-order valence-corrected chi connectivity index (χ0v) is 22.0. The van der Waals surface area contributed by atoms with Gasteiger partial charge in [0.05, 0.1) is 6.04 Å². The van der Waals surface area contributed by atoms with Crippen LogP contribution < -0.4 is 11.1 Å². The number of amides is 2. The summed E-state index contributed by atoms with van der Waals surface area (Å²) in [4.78, 5) is 39.1. The number of anilines is 2. The molecule has 11 heteroatoms. The molecule has 1 fully saturated rings. The van der Waals surface area contributed by atoms with Crippen molar-refractivity contribution in [3.05, 3.63) is 78.5 Å². The molecule has 0 spiro atoms. The number of hydrogen-bond donors (Lipinski definition) is 2. The van der Waals surface area contributed by atoms with Crippen LogP contribution in [0.1, 0.15) is 41.5 Å². The summed E-state index contributed by atoms with van der Waals surface area (Å²) in [5, 5.41) is 10.4. The van der Waals surface area contributed by atoms with E-state index in [9.17, 15) is 9.59 Å². The maximum absolute atomic E-state index is 13.2. The van der Waals surface area contributed by atoms with E-state index in [1.54, 1.807) is 42.7 Å². The van der Waals surface area contributed by atoms with Crippen molar-refractivity contribution in [3.8, 4) is 11.3 Å². The lowest BCUT2D eigenvalue weighted by Crippen LogP contribution is -2.38. The van der Waals surface area contributed by atoms with Crippen LogP contribution in [-0.2, 0) is 4.79 Å². The normalized spacial score (nSPS) is 15.8. The second kappa shape index (κ2) is 11.4. The SMILES string of the molecule is CN(C)C/C=C/C(=O)N1CCCC[C@H]1c1nc(-c2ccc(C(=O)Nc3cccnn3)cc2)c2c(N)nccn12. The molecule has 2 amide bonds. The summed E-state index contributed by atoms with van der Waals surface area (Å²) in [6.45, 7) is 1.35. The van der Waals surface area contributed by atoms with E-state index in [0.717, 1.165) is 30.7 Å². The van der Waals surface area contributed by atoms with E-state index in [1.165, 1.54) is 0 Å². The van der Waals surface area contributed by atoms with Crippen molar-refractivity contribution in [1.29, 1.82) is 0 Å². The van der Waals surface area contributed by atoms with Crippen molar-refractivity contribution in [2.24, 2.45) is 0 Å². The van der Waals surface area contributed by atoms with Gasteiger partial charge in [0.1, 0.15) is 22.9 Å². The van der Waals surface area contributed by atoms with E-state index in [1.807, 2.05) is 52.7 Å². The summed E-state index contributed by atoms with van der Waals surface area (Å²) in [6.07, 6.45) is 11.3. The quantitative estimate of drug-likeness (QED) is 0.351. The van der Waals surface area contributed by atoms with Crippen molar-refractivity contribution in [2.75, 3.05) is 38.2 Å². The molecule has 3 N–H and O–H groups in total. The first kappa shape index (κ1) is 26.0. The first-order valence-electron chi connectivity index (χ1n) is 12.9. The molecule has 39 heavy (non-hydrogen) atoms. The van der Waals surface area contributed by atoms with Gasteiger partial charge in [-0.3, -0.25) is 14.0 Å². The number of nitrogens with zero attached hydrogens (tertiary/aromatic N) is 7. The predicted molar refractivity (Wildman–Crippen MR) is 149 cm³/mol. The minimum Gasteiger partial charge on any atom is -0.382 e. The minimum atomic E-state index is -0.294. The number of hydrogen-bond acceptors (Lipinski definition) is 8. The average Bonchev–Trinajstić information content (AvgIpc) is 3.34. The van der Waals surface area contributed by atoms with Gasteiger partial charge in [0.25, 0.3) is 5.91 Å². The average molecular weight is 526 g/mol. The van der Waals surface area contributed by atoms with Crippen LogP contribution in [0.4, 0.5) is 11.6 Å². The van der Waals surface area contributed by atoms with Crippen LogP contribution in [0.25, 0.3) is 16.8 Å². The number of aromatic nitrogens is 5. The van der Waals surface area contributed by atoms with Gasteiger partial charge in [-0.15, -0.1) is 5.10 Å². The maximum atomic E-state index is 13.2. The Morgan fingerprint density at radius 1 is 1.15 bits per heavy atom. The van der Waals surface area contributed by atoms with Crippen molar-refractivity contribution >= 4 is 29.0 Å². The summed E-state index contributed by atoms with van der Waals surface area (Å²) < 4.78 is 1.94. The Labute approximate surface area is 226 Å². The fourth-order valence-corrected chi connectivity index (χ4v) is 4.78. The molecule has 0 unspecified atom stereocenters. The lowest BCUT2D eigenvalue weighted by Gasteiger charge is -2.34. The Morgan fingerprint density at radius 3 is 2.72 bits per heavy atom. The van der Waals surface area contributed by atoms with Crippen molar-refractivity contribution in [1.82, 2.24) is 34.4 Å². The first-order valence-corrected chi connectivity index (χ1v) is 12.9. The lowest BCUT2D eigenvalue weighted by molar-refractivity contribution is -0.130.